The van der Waals surface area contributed by atoms with Gasteiger partial charge in [0.2, 0.25) is 0 Å². The van der Waals surface area contributed by atoms with Crippen molar-refractivity contribution in [2.24, 2.45) is 0 Å². The number of aliphatic hydroxyl groups is 2. The van der Waals surface area contributed by atoms with Crippen LogP contribution in [0.5, 0.6) is 0 Å². The van der Waals surface area contributed by atoms with Gasteiger partial charge < -0.3 is 24.7 Å². The molecule has 2 rings (SSSR count). The van der Waals surface area contributed by atoms with Crippen LogP contribution in [-0.4, -0.2) is 54.5 Å². The molecule has 1 aromatic heterocycles. The Morgan fingerprint density at radius 3 is 2.70 bits per heavy atom. The predicted molar refractivity (Wildman–Crippen MR) is 62.4 cm³/mol. The molecule has 2 heterocycles. The maximum atomic E-state index is 11.5. The largest absolute Gasteiger partial charge is 0.469 e. The molecule has 10 nitrogen and oxygen atoms in total. The van der Waals surface area contributed by atoms with Gasteiger partial charge in [0.15, 0.2) is 6.23 Å². The van der Waals surface area contributed by atoms with Gasteiger partial charge in [-0.3, -0.25) is 9.09 Å². The van der Waals surface area contributed by atoms with Crippen LogP contribution >= 0.6 is 7.82 Å². The predicted octanol–water partition coefficient (Wildman–Crippen LogP) is -2.03. The summed E-state index contributed by atoms with van der Waals surface area (Å²) in [5.74, 6) is 0. The summed E-state index contributed by atoms with van der Waals surface area (Å²) < 4.78 is 21.0. The monoisotopic (exact) mass is 308 g/mol. The van der Waals surface area contributed by atoms with E-state index >= 15 is 0 Å². The van der Waals surface area contributed by atoms with E-state index in [1.807, 2.05) is 0 Å². The Morgan fingerprint density at radius 2 is 2.10 bits per heavy atom. The molecule has 11 heteroatoms. The Hall–Kier alpha value is -1.13. The molecular weight excluding hydrogens is 295 g/mol. The normalized spacial score (nSPS) is 30.6. The summed E-state index contributed by atoms with van der Waals surface area (Å²) in [4.78, 5) is 32.1. The number of hydrogen-bond acceptors (Lipinski definition) is 7. The molecule has 0 spiro atoms. The molecular formula is C9H13N2O8P. The molecule has 1 saturated heterocycles. The third-order valence-corrected chi connectivity index (χ3v) is 3.24. The number of phosphoric ester groups is 1. The van der Waals surface area contributed by atoms with Crippen LogP contribution in [0.15, 0.2) is 23.3 Å². The van der Waals surface area contributed by atoms with Gasteiger partial charge in [-0.1, -0.05) is 0 Å². The summed E-state index contributed by atoms with van der Waals surface area (Å²) in [5.41, 5.74) is -0.694. The molecule has 1 aliphatic heterocycles. The van der Waals surface area contributed by atoms with Crippen LogP contribution < -0.4 is 5.69 Å². The van der Waals surface area contributed by atoms with Crippen molar-refractivity contribution in [1.82, 2.24) is 9.55 Å². The van der Waals surface area contributed by atoms with Crippen LogP contribution in [0.25, 0.3) is 0 Å². The van der Waals surface area contributed by atoms with Crippen molar-refractivity contribution in [3.63, 3.8) is 0 Å². The fraction of sp³-hybridized carbons (Fsp3) is 0.556. The first-order valence-electron chi connectivity index (χ1n) is 5.54. The number of rotatable bonds is 4. The number of phosphoric acid groups is 1. The second-order valence-corrected chi connectivity index (χ2v) is 5.38. The van der Waals surface area contributed by atoms with Crippen LogP contribution in [0.3, 0.4) is 0 Å². The van der Waals surface area contributed by atoms with E-state index < -0.39 is 44.7 Å². The lowest BCUT2D eigenvalue weighted by Crippen LogP contribution is -2.35. The van der Waals surface area contributed by atoms with Crippen LogP contribution in [0.2, 0.25) is 0 Å². The van der Waals surface area contributed by atoms with Gasteiger partial charge >= 0.3 is 13.5 Å². The fourth-order valence-corrected chi connectivity index (χ4v) is 2.17. The van der Waals surface area contributed by atoms with Crippen molar-refractivity contribution in [3.05, 3.63) is 28.9 Å². The Kier molecular flexibility index (Phi) is 4.35. The molecule has 0 aliphatic carbocycles. The molecule has 0 saturated carbocycles. The molecule has 4 N–H and O–H groups in total. The molecule has 1 aliphatic rings. The average Bonchev–Trinajstić information content (AvgIpc) is 2.64. The van der Waals surface area contributed by atoms with Crippen molar-refractivity contribution in [2.45, 2.75) is 24.5 Å². The summed E-state index contributed by atoms with van der Waals surface area (Å²) in [6, 6.07) is 1.43. The summed E-state index contributed by atoms with van der Waals surface area (Å²) in [6.45, 7) is -0.631. The highest BCUT2D eigenvalue weighted by molar-refractivity contribution is 7.46. The van der Waals surface area contributed by atoms with Crippen molar-refractivity contribution in [3.8, 4) is 0 Å². The maximum absolute atomic E-state index is 11.5. The van der Waals surface area contributed by atoms with E-state index in [2.05, 4.69) is 9.51 Å². The lowest BCUT2D eigenvalue weighted by atomic mass is 10.1. The van der Waals surface area contributed by atoms with Gasteiger partial charge in [-0.15, -0.1) is 0 Å². The molecule has 0 amide bonds. The Bertz CT molecular complexity index is 571. The van der Waals surface area contributed by atoms with Gasteiger partial charge in [0.05, 0.1) is 6.61 Å². The van der Waals surface area contributed by atoms with Crippen molar-refractivity contribution >= 4 is 7.82 Å². The van der Waals surface area contributed by atoms with Gasteiger partial charge in [-0.05, 0) is 6.07 Å². The van der Waals surface area contributed by atoms with E-state index in [1.54, 1.807) is 0 Å². The summed E-state index contributed by atoms with van der Waals surface area (Å²) in [6.07, 6.45) is -2.75. The number of aromatic nitrogens is 2. The second kappa shape index (κ2) is 5.70. The summed E-state index contributed by atoms with van der Waals surface area (Å²) in [7, 11) is -4.72. The van der Waals surface area contributed by atoms with E-state index in [9.17, 15) is 19.6 Å². The fourth-order valence-electron chi connectivity index (χ4n) is 1.83. The lowest BCUT2D eigenvalue weighted by Gasteiger charge is -2.16. The molecule has 4 atom stereocenters. The van der Waals surface area contributed by atoms with E-state index in [0.717, 1.165) is 4.57 Å². The maximum Gasteiger partial charge on any atom is 0.469 e. The molecule has 20 heavy (non-hydrogen) atoms. The van der Waals surface area contributed by atoms with Crippen molar-refractivity contribution in [2.75, 3.05) is 6.61 Å². The Morgan fingerprint density at radius 1 is 1.40 bits per heavy atom. The second-order valence-electron chi connectivity index (χ2n) is 4.14. The lowest BCUT2D eigenvalue weighted by molar-refractivity contribution is -0.0542. The number of hydrogen-bond donors (Lipinski definition) is 4. The summed E-state index contributed by atoms with van der Waals surface area (Å²) >= 11 is 0. The van der Waals surface area contributed by atoms with E-state index in [4.69, 9.17) is 14.5 Å². The van der Waals surface area contributed by atoms with Crippen LogP contribution in [0.4, 0.5) is 0 Å². The first-order chi connectivity index (χ1) is 9.29. The first kappa shape index (κ1) is 15.3. The molecule has 112 valence electrons. The van der Waals surface area contributed by atoms with Gasteiger partial charge in [-0.25, -0.2) is 14.3 Å². The summed E-state index contributed by atoms with van der Waals surface area (Å²) in [5, 5.41) is 19.6. The van der Waals surface area contributed by atoms with Gasteiger partial charge in [0, 0.05) is 12.4 Å². The Balaban J connectivity index is 2.13. The van der Waals surface area contributed by atoms with E-state index in [0.29, 0.717) is 0 Å². The zero-order valence-electron chi connectivity index (χ0n) is 10.0. The van der Waals surface area contributed by atoms with Crippen LogP contribution in [0, 0.1) is 0 Å². The van der Waals surface area contributed by atoms with Gasteiger partial charge in [0.25, 0.3) is 0 Å². The van der Waals surface area contributed by atoms with E-state index in [-0.39, 0.29) is 0 Å². The van der Waals surface area contributed by atoms with Crippen LogP contribution in [0.1, 0.15) is 6.23 Å². The standard InChI is InChI=1S/C9H13N2O8P/c12-6-5(4-18-20(15,16)17)19-8(7(6)13)11-3-1-2-10-9(11)14/h1-3,5-8,12-13H,4H2,(H2,15,16,17). The molecule has 0 bridgehead atoms. The van der Waals surface area contributed by atoms with E-state index in [1.165, 1.54) is 18.5 Å². The highest BCUT2D eigenvalue weighted by Crippen LogP contribution is 2.38. The molecule has 0 radical (unpaired) electrons. The van der Waals surface area contributed by atoms with Crippen molar-refractivity contribution < 1.29 is 33.8 Å². The highest BCUT2D eigenvalue weighted by Gasteiger charge is 2.44. The third kappa shape index (κ3) is 3.30. The zero-order valence-corrected chi connectivity index (χ0v) is 10.9. The van der Waals surface area contributed by atoms with Gasteiger partial charge in [0.1, 0.15) is 18.3 Å². The first-order valence-corrected chi connectivity index (χ1v) is 7.07. The van der Waals surface area contributed by atoms with Crippen LogP contribution in [-0.2, 0) is 13.8 Å². The molecule has 1 aromatic rings. The van der Waals surface area contributed by atoms with Gasteiger partial charge in [-0.2, -0.15) is 0 Å². The SMILES string of the molecule is O=c1ncccn1C1OC(COP(=O)(O)O)C(O)C1O. The number of nitrogens with zero attached hydrogens (tertiary/aromatic N) is 2. The molecule has 0 aromatic carbocycles. The third-order valence-electron chi connectivity index (χ3n) is 2.76. The number of aliphatic hydroxyl groups excluding tert-OH is 2. The topological polar surface area (TPSA) is 151 Å². The molecule has 1 fully saturated rings. The average molecular weight is 308 g/mol. The zero-order chi connectivity index (χ0) is 14.9. The number of ether oxygens (including phenoxy) is 1. The highest BCUT2D eigenvalue weighted by atomic mass is 31.2. The molecule has 4 unspecified atom stereocenters. The minimum Gasteiger partial charge on any atom is -0.387 e. The minimum absolute atomic E-state index is 0.631. The Labute approximate surface area is 112 Å². The minimum atomic E-state index is -4.72. The van der Waals surface area contributed by atoms with Crippen molar-refractivity contribution in [1.29, 1.82) is 0 Å². The smallest absolute Gasteiger partial charge is 0.387 e. The quantitative estimate of drug-likeness (QED) is 0.461.